The zero-order valence-electron chi connectivity index (χ0n) is 7.31. The Hall–Kier alpha value is -1.36. The van der Waals surface area contributed by atoms with Crippen LogP contribution < -0.4 is 0 Å². The Labute approximate surface area is 76.8 Å². The summed E-state index contributed by atoms with van der Waals surface area (Å²) < 4.78 is 13.2. The van der Waals surface area contributed by atoms with Crippen LogP contribution in [0, 0.1) is 17.1 Å². The summed E-state index contributed by atoms with van der Waals surface area (Å²) in [7, 11) is 0. The van der Waals surface area contributed by atoms with Crippen LogP contribution >= 0.6 is 0 Å². The minimum atomic E-state index is -0.372. The molecule has 0 saturated carbocycles. The minimum absolute atomic E-state index is 0.181. The quantitative estimate of drug-likeness (QED) is 0.594. The van der Waals surface area contributed by atoms with E-state index >= 15 is 0 Å². The zero-order chi connectivity index (χ0) is 9.26. The fourth-order valence-electron chi connectivity index (χ4n) is 1.84. The first-order valence-corrected chi connectivity index (χ1v) is 4.52. The van der Waals surface area contributed by atoms with Crippen molar-refractivity contribution in [1.29, 1.82) is 5.26 Å². The van der Waals surface area contributed by atoms with Crippen molar-refractivity contribution in [2.24, 2.45) is 0 Å². The molecule has 1 aliphatic carbocycles. The Morgan fingerprint density at radius 3 is 2.38 bits per heavy atom. The van der Waals surface area contributed by atoms with Crippen LogP contribution in [0.2, 0.25) is 0 Å². The predicted octanol–water partition coefficient (Wildman–Crippen LogP) is 2.58. The van der Waals surface area contributed by atoms with E-state index in [1.807, 2.05) is 6.07 Å². The van der Waals surface area contributed by atoms with Crippen molar-refractivity contribution < 1.29 is 4.39 Å². The van der Waals surface area contributed by atoms with E-state index in [4.69, 9.17) is 5.26 Å². The van der Waals surface area contributed by atoms with E-state index in [1.165, 1.54) is 6.07 Å². The molecule has 0 aromatic heterocycles. The third-order valence-electron chi connectivity index (χ3n) is 2.55. The predicted molar refractivity (Wildman–Crippen MR) is 47.8 cm³/mol. The average molecular weight is 175 g/mol. The molecule has 2 heteroatoms. The monoisotopic (exact) mass is 175 g/mol. The Bertz CT molecular complexity index is 376. The third kappa shape index (κ3) is 1.42. The molecule has 0 saturated heterocycles. The summed E-state index contributed by atoms with van der Waals surface area (Å²) >= 11 is 0. The second-order valence-corrected chi connectivity index (χ2v) is 3.42. The van der Waals surface area contributed by atoms with Gasteiger partial charge in [-0.1, -0.05) is 0 Å². The normalized spacial score (nSPS) is 14.8. The SMILES string of the molecule is N#Cc1cc2c(cc1F)CCCC2. The van der Waals surface area contributed by atoms with E-state index in [-0.39, 0.29) is 11.4 Å². The van der Waals surface area contributed by atoms with Gasteiger partial charge in [-0.05, 0) is 48.9 Å². The Morgan fingerprint density at radius 1 is 1.15 bits per heavy atom. The highest BCUT2D eigenvalue weighted by Gasteiger charge is 2.12. The maximum atomic E-state index is 13.2. The molecule has 0 bridgehead atoms. The Balaban J connectivity index is 2.52. The van der Waals surface area contributed by atoms with Crippen molar-refractivity contribution in [3.63, 3.8) is 0 Å². The van der Waals surface area contributed by atoms with Gasteiger partial charge in [-0.15, -0.1) is 0 Å². The van der Waals surface area contributed by atoms with Gasteiger partial charge in [-0.3, -0.25) is 0 Å². The van der Waals surface area contributed by atoms with E-state index in [2.05, 4.69) is 0 Å². The van der Waals surface area contributed by atoms with Gasteiger partial charge in [0, 0.05) is 0 Å². The van der Waals surface area contributed by atoms with Gasteiger partial charge in [-0.25, -0.2) is 4.39 Å². The maximum absolute atomic E-state index is 13.2. The Kier molecular flexibility index (Phi) is 2.02. The van der Waals surface area contributed by atoms with Gasteiger partial charge in [-0.2, -0.15) is 5.26 Å². The molecule has 0 amide bonds. The number of nitrogens with zero attached hydrogens (tertiary/aromatic N) is 1. The Morgan fingerprint density at radius 2 is 1.77 bits per heavy atom. The van der Waals surface area contributed by atoms with Crippen LogP contribution in [0.3, 0.4) is 0 Å². The number of rotatable bonds is 0. The summed E-state index contributed by atoms with van der Waals surface area (Å²) in [5, 5.41) is 8.63. The molecular formula is C11H10FN. The van der Waals surface area contributed by atoms with E-state index in [0.29, 0.717) is 0 Å². The van der Waals surface area contributed by atoms with Crippen LogP contribution in [-0.2, 0) is 12.8 Å². The molecule has 13 heavy (non-hydrogen) atoms. The van der Waals surface area contributed by atoms with Crippen molar-refractivity contribution in [3.05, 3.63) is 34.6 Å². The second kappa shape index (κ2) is 3.18. The summed E-state index contributed by atoms with van der Waals surface area (Å²) in [6, 6.07) is 5.09. The molecule has 1 aromatic rings. The highest BCUT2D eigenvalue weighted by molar-refractivity contribution is 5.40. The largest absolute Gasteiger partial charge is 0.206 e. The van der Waals surface area contributed by atoms with Crippen LogP contribution in [-0.4, -0.2) is 0 Å². The first-order chi connectivity index (χ1) is 6.31. The molecule has 0 N–H and O–H groups in total. The molecule has 0 heterocycles. The molecule has 0 atom stereocenters. The minimum Gasteiger partial charge on any atom is -0.206 e. The zero-order valence-corrected chi connectivity index (χ0v) is 7.31. The molecular weight excluding hydrogens is 165 g/mol. The number of fused-ring (bicyclic) bond motifs is 1. The molecule has 0 aliphatic heterocycles. The molecule has 1 aliphatic rings. The van der Waals surface area contributed by atoms with Crippen molar-refractivity contribution in [2.45, 2.75) is 25.7 Å². The highest BCUT2D eigenvalue weighted by Crippen LogP contribution is 2.23. The first kappa shape index (κ1) is 8.25. The van der Waals surface area contributed by atoms with Gasteiger partial charge < -0.3 is 0 Å². The van der Waals surface area contributed by atoms with Crippen LogP contribution in [0.1, 0.15) is 29.5 Å². The summed E-state index contributed by atoms with van der Waals surface area (Å²) in [5.74, 6) is -0.372. The summed E-state index contributed by atoms with van der Waals surface area (Å²) in [6.45, 7) is 0. The maximum Gasteiger partial charge on any atom is 0.141 e. The van der Waals surface area contributed by atoms with Gasteiger partial charge in [0.05, 0.1) is 5.56 Å². The lowest BCUT2D eigenvalue weighted by molar-refractivity contribution is 0.610. The highest BCUT2D eigenvalue weighted by atomic mass is 19.1. The molecule has 0 radical (unpaired) electrons. The average Bonchev–Trinajstić information content (AvgIpc) is 2.17. The van der Waals surface area contributed by atoms with Crippen molar-refractivity contribution in [1.82, 2.24) is 0 Å². The van der Waals surface area contributed by atoms with E-state index in [9.17, 15) is 4.39 Å². The summed E-state index contributed by atoms with van der Waals surface area (Å²) in [5.41, 5.74) is 2.42. The van der Waals surface area contributed by atoms with Crippen molar-refractivity contribution >= 4 is 0 Å². The molecule has 2 rings (SSSR count). The number of aryl methyl sites for hydroxylation is 2. The lowest BCUT2D eigenvalue weighted by Gasteiger charge is -2.15. The number of hydrogen-bond donors (Lipinski definition) is 0. The van der Waals surface area contributed by atoms with Gasteiger partial charge >= 0.3 is 0 Å². The van der Waals surface area contributed by atoms with Crippen LogP contribution in [0.5, 0.6) is 0 Å². The smallest absolute Gasteiger partial charge is 0.141 e. The second-order valence-electron chi connectivity index (χ2n) is 3.42. The number of benzene rings is 1. The lowest BCUT2D eigenvalue weighted by Crippen LogP contribution is -2.04. The van der Waals surface area contributed by atoms with E-state index < -0.39 is 0 Å². The molecule has 66 valence electrons. The van der Waals surface area contributed by atoms with Crippen LogP contribution in [0.25, 0.3) is 0 Å². The molecule has 0 fully saturated rings. The van der Waals surface area contributed by atoms with Gasteiger partial charge in [0.2, 0.25) is 0 Å². The molecule has 1 aromatic carbocycles. The lowest BCUT2D eigenvalue weighted by atomic mass is 9.90. The van der Waals surface area contributed by atoms with Gasteiger partial charge in [0.1, 0.15) is 11.9 Å². The summed E-state index contributed by atoms with van der Waals surface area (Å²) in [4.78, 5) is 0. The van der Waals surface area contributed by atoms with Crippen LogP contribution in [0.4, 0.5) is 4.39 Å². The van der Waals surface area contributed by atoms with E-state index in [1.54, 1.807) is 6.07 Å². The van der Waals surface area contributed by atoms with Crippen molar-refractivity contribution in [2.75, 3.05) is 0 Å². The fraction of sp³-hybridized carbons (Fsp3) is 0.364. The molecule has 0 spiro atoms. The summed E-state index contributed by atoms with van der Waals surface area (Å²) in [6.07, 6.45) is 4.24. The van der Waals surface area contributed by atoms with Gasteiger partial charge in [0.25, 0.3) is 0 Å². The standard InChI is InChI=1S/C11H10FN/c12-11-6-9-4-2-1-3-8(9)5-10(11)7-13/h5-6H,1-4H2. The third-order valence-corrected chi connectivity index (χ3v) is 2.55. The molecule has 1 nitrogen and oxygen atoms in total. The van der Waals surface area contributed by atoms with Crippen molar-refractivity contribution in [3.8, 4) is 6.07 Å². The van der Waals surface area contributed by atoms with E-state index in [0.717, 1.165) is 36.8 Å². The first-order valence-electron chi connectivity index (χ1n) is 4.52. The number of hydrogen-bond acceptors (Lipinski definition) is 1. The molecule has 0 unspecified atom stereocenters. The van der Waals surface area contributed by atoms with Crippen LogP contribution in [0.15, 0.2) is 12.1 Å². The number of nitriles is 1. The van der Waals surface area contributed by atoms with Gasteiger partial charge in [0.15, 0.2) is 0 Å². The number of halogens is 1. The topological polar surface area (TPSA) is 23.8 Å². The fourth-order valence-corrected chi connectivity index (χ4v) is 1.84.